The third kappa shape index (κ3) is 3.21. The second-order valence-corrected chi connectivity index (χ2v) is 5.90. The molecule has 0 fully saturated rings. The minimum atomic E-state index is -3.59. The van der Waals surface area contributed by atoms with Crippen molar-refractivity contribution in [2.45, 2.75) is 31.5 Å². The van der Waals surface area contributed by atoms with Crippen LogP contribution < -0.4 is 10.0 Å². The molecule has 0 unspecified atom stereocenters. The molecule has 3 N–H and O–H groups in total. The molecule has 0 aliphatic rings. The predicted octanol–water partition coefficient (Wildman–Crippen LogP) is -0.781. The predicted molar refractivity (Wildman–Crippen MR) is 71.1 cm³/mol. The van der Waals surface area contributed by atoms with E-state index < -0.39 is 10.0 Å². The molecule has 0 aliphatic heterocycles. The lowest BCUT2D eigenvalue weighted by atomic mass is 10.4. The topological polar surface area (TPSA) is 118 Å². The van der Waals surface area contributed by atoms with E-state index in [1.165, 1.54) is 0 Å². The molecule has 20 heavy (non-hydrogen) atoms. The molecule has 0 aliphatic carbocycles. The van der Waals surface area contributed by atoms with Crippen LogP contribution in [0.15, 0.2) is 17.2 Å². The SMILES string of the molecule is CCn1cc(S(=O)(=O)NCc2nn[nH]n2)cc1CNC. The Balaban J connectivity index is 2.16. The fourth-order valence-electron chi connectivity index (χ4n) is 1.80. The van der Waals surface area contributed by atoms with Crippen molar-refractivity contribution < 1.29 is 8.42 Å². The molecule has 2 heterocycles. The van der Waals surface area contributed by atoms with Crippen LogP contribution in [0, 0.1) is 0 Å². The van der Waals surface area contributed by atoms with Gasteiger partial charge in [0.15, 0.2) is 5.82 Å². The molecule has 110 valence electrons. The lowest BCUT2D eigenvalue weighted by molar-refractivity contribution is 0.579. The van der Waals surface area contributed by atoms with E-state index in [4.69, 9.17) is 0 Å². The number of hydrogen-bond acceptors (Lipinski definition) is 6. The van der Waals surface area contributed by atoms with E-state index in [0.29, 0.717) is 18.9 Å². The van der Waals surface area contributed by atoms with Gasteiger partial charge in [0.2, 0.25) is 10.0 Å². The Hall–Kier alpha value is -1.78. The summed E-state index contributed by atoms with van der Waals surface area (Å²) in [6.07, 6.45) is 1.62. The minimum absolute atomic E-state index is 0.00248. The van der Waals surface area contributed by atoms with Crippen LogP contribution in [0.5, 0.6) is 0 Å². The number of tetrazole rings is 1. The van der Waals surface area contributed by atoms with Crippen LogP contribution in [0.4, 0.5) is 0 Å². The highest BCUT2D eigenvalue weighted by atomic mass is 32.2. The van der Waals surface area contributed by atoms with Crippen molar-refractivity contribution in [2.24, 2.45) is 0 Å². The number of nitrogens with one attached hydrogen (secondary N) is 3. The van der Waals surface area contributed by atoms with Gasteiger partial charge < -0.3 is 9.88 Å². The maximum atomic E-state index is 12.2. The maximum Gasteiger partial charge on any atom is 0.242 e. The van der Waals surface area contributed by atoms with Crippen molar-refractivity contribution in [1.82, 2.24) is 35.2 Å². The van der Waals surface area contributed by atoms with E-state index in [1.807, 2.05) is 18.5 Å². The lowest BCUT2D eigenvalue weighted by Crippen LogP contribution is -2.23. The molecule has 2 aromatic heterocycles. The first-order valence-corrected chi connectivity index (χ1v) is 7.60. The van der Waals surface area contributed by atoms with Gasteiger partial charge in [0.1, 0.15) is 0 Å². The van der Waals surface area contributed by atoms with Crippen molar-refractivity contribution in [3.05, 3.63) is 23.8 Å². The van der Waals surface area contributed by atoms with Gasteiger partial charge in [-0.05, 0) is 20.0 Å². The molecular formula is C10H17N7O2S. The third-order valence-corrected chi connectivity index (χ3v) is 4.15. The second kappa shape index (κ2) is 6.11. The van der Waals surface area contributed by atoms with Gasteiger partial charge in [-0.2, -0.15) is 5.21 Å². The first-order chi connectivity index (χ1) is 9.56. The lowest BCUT2D eigenvalue weighted by Gasteiger charge is -2.03. The molecule has 0 saturated carbocycles. The highest BCUT2D eigenvalue weighted by Crippen LogP contribution is 2.14. The van der Waals surface area contributed by atoms with Crippen molar-refractivity contribution in [1.29, 1.82) is 0 Å². The second-order valence-electron chi connectivity index (χ2n) is 4.14. The number of aryl methyl sites for hydroxylation is 1. The summed E-state index contributed by atoms with van der Waals surface area (Å²) in [4.78, 5) is 0.230. The Kier molecular flexibility index (Phi) is 4.47. The Morgan fingerprint density at radius 2 is 2.20 bits per heavy atom. The molecule has 0 radical (unpaired) electrons. The summed E-state index contributed by atoms with van der Waals surface area (Å²) in [5, 5.41) is 16.0. The van der Waals surface area contributed by atoms with Crippen LogP contribution in [-0.2, 0) is 29.7 Å². The molecule has 0 saturated heterocycles. The quantitative estimate of drug-likeness (QED) is 0.617. The number of aromatic amines is 1. The van der Waals surface area contributed by atoms with Crippen molar-refractivity contribution >= 4 is 10.0 Å². The number of H-pyrrole nitrogens is 1. The first-order valence-electron chi connectivity index (χ1n) is 6.12. The summed E-state index contributed by atoms with van der Waals surface area (Å²) in [5.74, 6) is 0.291. The summed E-state index contributed by atoms with van der Waals surface area (Å²) in [6, 6.07) is 1.65. The Morgan fingerprint density at radius 3 is 2.80 bits per heavy atom. The van der Waals surface area contributed by atoms with Crippen LogP contribution >= 0.6 is 0 Å². The van der Waals surface area contributed by atoms with E-state index in [-0.39, 0.29) is 11.4 Å². The van der Waals surface area contributed by atoms with Gasteiger partial charge >= 0.3 is 0 Å². The van der Waals surface area contributed by atoms with Crippen LogP contribution in [-0.4, -0.2) is 40.7 Å². The average molecular weight is 299 g/mol. The van der Waals surface area contributed by atoms with Gasteiger partial charge in [0.25, 0.3) is 0 Å². The van der Waals surface area contributed by atoms with Gasteiger partial charge in [0, 0.05) is 25.0 Å². The standard InChI is InChI=1S/C10H17N7O2S/c1-3-17-7-9(4-8(17)5-11-2)20(18,19)12-6-10-13-15-16-14-10/h4,7,11-12H,3,5-6H2,1-2H3,(H,13,14,15,16). The minimum Gasteiger partial charge on any atom is -0.349 e. The summed E-state index contributed by atoms with van der Waals surface area (Å²) in [6.45, 7) is 3.27. The molecule has 2 aromatic rings. The van der Waals surface area contributed by atoms with Crippen molar-refractivity contribution in [3.8, 4) is 0 Å². The molecule has 0 bridgehead atoms. The number of hydrogen-bond donors (Lipinski definition) is 3. The monoisotopic (exact) mass is 299 g/mol. The Morgan fingerprint density at radius 1 is 1.40 bits per heavy atom. The fourth-order valence-corrected chi connectivity index (χ4v) is 2.84. The molecular weight excluding hydrogens is 282 g/mol. The molecule has 0 amide bonds. The highest BCUT2D eigenvalue weighted by molar-refractivity contribution is 7.89. The summed E-state index contributed by atoms with van der Waals surface area (Å²) in [5.41, 5.74) is 0.912. The third-order valence-electron chi connectivity index (χ3n) is 2.78. The zero-order chi connectivity index (χ0) is 14.6. The van der Waals surface area contributed by atoms with Gasteiger partial charge in [-0.3, -0.25) is 0 Å². The maximum absolute atomic E-state index is 12.2. The molecule has 2 rings (SSSR count). The smallest absolute Gasteiger partial charge is 0.242 e. The molecule has 0 atom stereocenters. The van der Waals surface area contributed by atoms with Crippen LogP contribution in [0.25, 0.3) is 0 Å². The molecule has 9 nitrogen and oxygen atoms in total. The van der Waals surface area contributed by atoms with E-state index in [2.05, 4.69) is 30.7 Å². The Bertz CT molecular complexity index is 647. The van der Waals surface area contributed by atoms with E-state index in [0.717, 1.165) is 5.69 Å². The van der Waals surface area contributed by atoms with E-state index in [9.17, 15) is 8.42 Å². The summed E-state index contributed by atoms with van der Waals surface area (Å²) < 4.78 is 28.7. The average Bonchev–Trinajstić information content (AvgIpc) is 3.06. The molecule has 10 heteroatoms. The van der Waals surface area contributed by atoms with E-state index in [1.54, 1.807) is 12.3 Å². The highest BCUT2D eigenvalue weighted by Gasteiger charge is 2.18. The fraction of sp³-hybridized carbons (Fsp3) is 0.500. The number of nitrogens with zero attached hydrogens (tertiary/aromatic N) is 4. The largest absolute Gasteiger partial charge is 0.349 e. The molecule has 0 spiro atoms. The van der Waals surface area contributed by atoms with Crippen LogP contribution in [0.2, 0.25) is 0 Å². The number of aromatic nitrogens is 5. The van der Waals surface area contributed by atoms with Gasteiger partial charge in [-0.1, -0.05) is 5.21 Å². The molecule has 0 aromatic carbocycles. The normalized spacial score (nSPS) is 11.9. The number of rotatable bonds is 7. The zero-order valence-electron chi connectivity index (χ0n) is 11.3. The van der Waals surface area contributed by atoms with E-state index >= 15 is 0 Å². The summed E-state index contributed by atoms with van der Waals surface area (Å²) >= 11 is 0. The van der Waals surface area contributed by atoms with Crippen molar-refractivity contribution in [2.75, 3.05) is 7.05 Å². The summed E-state index contributed by atoms with van der Waals surface area (Å²) in [7, 11) is -1.77. The van der Waals surface area contributed by atoms with Crippen LogP contribution in [0.3, 0.4) is 0 Å². The van der Waals surface area contributed by atoms with Crippen molar-refractivity contribution in [3.63, 3.8) is 0 Å². The zero-order valence-corrected chi connectivity index (χ0v) is 12.1. The Labute approximate surface area is 116 Å². The van der Waals surface area contributed by atoms with Gasteiger partial charge in [-0.25, -0.2) is 13.1 Å². The van der Waals surface area contributed by atoms with Gasteiger partial charge in [0.05, 0.1) is 11.4 Å². The van der Waals surface area contributed by atoms with Crippen LogP contribution in [0.1, 0.15) is 18.4 Å². The first kappa shape index (κ1) is 14.6. The van der Waals surface area contributed by atoms with Gasteiger partial charge in [-0.15, -0.1) is 10.2 Å². The number of sulfonamides is 1.